The van der Waals surface area contributed by atoms with Crippen LogP contribution in [0.15, 0.2) is 57.1 Å². The average molecular weight is 482 g/mol. The maximum Gasteiger partial charge on any atom is 0.256 e. The zero-order chi connectivity index (χ0) is 20.7. The number of hydrogen-bond donors (Lipinski definition) is 2. The highest BCUT2D eigenvalue weighted by Gasteiger charge is 2.21. The van der Waals surface area contributed by atoms with Crippen molar-refractivity contribution in [1.29, 1.82) is 0 Å². The lowest BCUT2D eigenvalue weighted by Gasteiger charge is -2.09. The summed E-state index contributed by atoms with van der Waals surface area (Å²) in [4.78, 5) is 33.7. The number of halogens is 1. The van der Waals surface area contributed by atoms with Crippen molar-refractivity contribution < 1.29 is 4.79 Å². The van der Waals surface area contributed by atoms with E-state index in [1.54, 1.807) is 35.6 Å². The minimum Gasteiger partial charge on any atom is -0.306 e. The lowest BCUT2D eigenvalue weighted by molar-refractivity contribution is 0.102. The summed E-state index contributed by atoms with van der Waals surface area (Å²) in [5.41, 5.74) is 2.59. The molecule has 0 radical (unpaired) electrons. The van der Waals surface area contributed by atoms with Gasteiger partial charge >= 0.3 is 0 Å². The molecule has 4 aromatic rings. The quantitative estimate of drug-likeness (QED) is 0.457. The lowest BCUT2D eigenvalue weighted by atomic mass is 10.2. The van der Waals surface area contributed by atoms with E-state index < -0.39 is 0 Å². The first-order chi connectivity index (χ1) is 14.6. The molecular formula is C21H16BrN5O2S. The number of thiophene rings is 1. The Hall–Kier alpha value is -3.04. The van der Waals surface area contributed by atoms with Crippen molar-refractivity contribution in [3.63, 3.8) is 0 Å². The van der Waals surface area contributed by atoms with E-state index >= 15 is 0 Å². The number of aromatic nitrogens is 4. The summed E-state index contributed by atoms with van der Waals surface area (Å²) < 4.78 is 2.30. The van der Waals surface area contributed by atoms with Crippen LogP contribution in [0.25, 0.3) is 16.5 Å². The molecule has 2 N–H and O–H groups in total. The van der Waals surface area contributed by atoms with Gasteiger partial charge in [-0.1, -0.05) is 28.1 Å². The van der Waals surface area contributed by atoms with Crippen molar-refractivity contribution in [2.24, 2.45) is 0 Å². The van der Waals surface area contributed by atoms with Gasteiger partial charge in [-0.15, -0.1) is 11.3 Å². The molecule has 0 unspecified atom stereocenters. The monoisotopic (exact) mass is 481 g/mol. The van der Waals surface area contributed by atoms with Gasteiger partial charge in [0.05, 0.1) is 10.6 Å². The SMILES string of the molecule is O=C(Nc1cc(-c2cccs2)nn1-c1nc2c(c(=O)[nH]1)CCC2)c1cccc(Br)c1. The molecule has 5 rings (SSSR count). The molecule has 0 saturated heterocycles. The predicted octanol–water partition coefficient (Wildman–Crippen LogP) is 4.19. The maximum atomic E-state index is 12.8. The van der Waals surface area contributed by atoms with Gasteiger partial charge in [0, 0.05) is 21.7 Å². The van der Waals surface area contributed by atoms with Crippen LogP contribution in [0.4, 0.5) is 5.82 Å². The number of carbonyl (C=O) groups excluding carboxylic acids is 1. The number of hydrogen-bond acceptors (Lipinski definition) is 5. The molecule has 1 aliphatic rings. The van der Waals surface area contributed by atoms with Gasteiger partial charge in [0.15, 0.2) is 0 Å². The predicted molar refractivity (Wildman–Crippen MR) is 119 cm³/mol. The van der Waals surface area contributed by atoms with Gasteiger partial charge in [0.2, 0.25) is 5.95 Å². The number of nitrogens with zero attached hydrogens (tertiary/aromatic N) is 3. The van der Waals surface area contributed by atoms with Gasteiger partial charge < -0.3 is 5.32 Å². The molecule has 1 amide bonds. The molecule has 3 heterocycles. The Labute approximate surface area is 183 Å². The van der Waals surface area contributed by atoms with Crippen LogP contribution >= 0.6 is 27.3 Å². The van der Waals surface area contributed by atoms with E-state index in [0.717, 1.165) is 39.9 Å². The van der Waals surface area contributed by atoms with Crippen LogP contribution in [0.3, 0.4) is 0 Å². The summed E-state index contributed by atoms with van der Waals surface area (Å²) in [6, 6.07) is 12.8. The summed E-state index contributed by atoms with van der Waals surface area (Å²) in [5.74, 6) is 0.455. The van der Waals surface area contributed by atoms with E-state index in [2.05, 4.69) is 36.3 Å². The number of nitrogens with one attached hydrogen (secondary N) is 2. The van der Waals surface area contributed by atoms with Crippen LogP contribution in [0.2, 0.25) is 0 Å². The molecule has 150 valence electrons. The lowest BCUT2D eigenvalue weighted by Crippen LogP contribution is -2.21. The van der Waals surface area contributed by atoms with E-state index in [1.807, 2.05) is 23.6 Å². The van der Waals surface area contributed by atoms with Gasteiger partial charge in [0.25, 0.3) is 11.5 Å². The molecule has 0 fully saturated rings. The number of aryl methyl sites for hydroxylation is 1. The fourth-order valence-corrected chi connectivity index (χ4v) is 4.60. The third-order valence-electron chi connectivity index (χ3n) is 4.94. The number of aromatic amines is 1. The van der Waals surface area contributed by atoms with Crippen molar-refractivity contribution >= 4 is 39.0 Å². The minimum absolute atomic E-state index is 0.148. The number of amides is 1. The maximum absolute atomic E-state index is 12.8. The topological polar surface area (TPSA) is 92.7 Å². The highest BCUT2D eigenvalue weighted by atomic mass is 79.9. The Bertz CT molecular complexity index is 1310. The molecule has 0 saturated carbocycles. The summed E-state index contributed by atoms with van der Waals surface area (Å²) in [7, 11) is 0. The van der Waals surface area contributed by atoms with Crippen molar-refractivity contribution in [3.05, 3.63) is 79.5 Å². The number of benzene rings is 1. The smallest absolute Gasteiger partial charge is 0.256 e. The first-order valence-electron chi connectivity index (χ1n) is 9.42. The van der Waals surface area contributed by atoms with Gasteiger partial charge in [-0.25, -0.2) is 4.98 Å². The number of H-pyrrole nitrogens is 1. The molecule has 1 aromatic carbocycles. The van der Waals surface area contributed by atoms with E-state index in [1.165, 1.54) is 4.68 Å². The molecule has 0 bridgehead atoms. The van der Waals surface area contributed by atoms with Crippen molar-refractivity contribution in [2.45, 2.75) is 19.3 Å². The second-order valence-electron chi connectivity index (χ2n) is 6.94. The van der Waals surface area contributed by atoms with E-state index in [-0.39, 0.29) is 11.5 Å². The summed E-state index contributed by atoms with van der Waals surface area (Å²) >= 11 is 4.93. The molecule has 3 aromatic heterocycles. The molecule has 9 heteroatoms. The number of fused-ring (bicyclic) bond motifs is 1. The van der Waals surface area contributed by atoms with Crippen molar-refractivity contribution in [1.82, 2.24) is 19.7 Å². The fourth-order valence-electron chi connectivity index (χ4n) is 3.52. The van der Waals surface area contributed by atoms with Crippen LogP contribution in [0.5, 0.6) is 0 Å². The van der Waals surface area contributed by atoms with Gasteiger partial charge in [-0.3, -0.25) is 14.6 Å². The van der Waals surface area contributed by atoms with E-state index in [0.29, 0.717) is 23.0 Å². The zero-order valence-electron chi connectivity index (χ0n) is 15.7. The number of rotatable bonds is 4. The Morgan fingerprint density at radius 2 is 2.10 bits per heavy atom. The zero-order valence-corrected chi connectivity index (χ0v) is 18.1. The fraction of sp³-hybridized carbons (Fsp3) is 0.143. The highest BCUT2D eigenvalue weighted by Crippen LogP contribution is 2.28. The van der Waals surface area contributed by atoms with Crippen LogP contribution < -0.4 is 10.9 Å². The van der Waals surface area contributed by atoms with Crippen molar-refractivity contribution in [2.75, 3.05) is 5.32 Å². The summed E-state index contributed by atoms with van der Waals surface area (Å²) in [6.07, 6.45) is 2.43. The Kier molecular flexibility index (Phi) is 4.84. The second-order valence-corrected chi connectivity index (χ2v) is 8.80. The molecular weight excluding hydrogens is 466 g/mol. The Morgan fingerprint density at radius 3 is 2.90 bits per heavy atom. The van der Waals surface area contributed by atoms with Crippen LogP contribution in [0.1, 0.15) is 28.0 Å². The molecule has 7 nitrogen and oxygen atoms in total. The summed E-state index contributed by atoms with van der Waals surface area (Å²) in [6.45, 7) is 0. The third kappa shape index (κ3) is 3.50. The Morgan fingerprint density at radius 1 is 1.20 bits per heavy atom. The van der Waals surface area contributed by atoms with E-state index in [9.17, 15) is 9.59 Å². The molecule has 0 atom stereocenters. The first-order valence-corrected chi connectivity index (χ1v) is 11.1. The average Bonchev–Trinajstić information content (AvgIpc) is 3.48. The van der Waals surface area contributed by atoms with Gasteiger partial charge in [0.1, 0.15) is 11.5 Å². The summed E-state index contributed by atoms with van der Waals surface area (Å²) in [5, 5.41) is 9.49. The number of carbonyl (C=O) groups is 1. The molecule has 0 aliphatic heterocycles. The first kappa shape index (κ1) is 19.0. The normalized spacial score (nSPS) is 12.7. The molecule has 30 heavy (non-hydrogen) atoms. The van der Waals surface area contributed by atoms with Gasteiger partial charge in [-0.2, -0.15) is 9.78 Å². The number of anilines is 1. The third-order valence-corrected chi connectivity index (χ3v) is 6.33. The largest absolute Gasteiger partial charge is 0.306 e. The van der Waals surface area contributed by atoms with E-state index in [4.69, 9.17) is 0 Å². The second kappa shape index (κ2) is 7.66. The van der Waals surface area contributed by atoms with Crippen LogP contribution in [-0.4, -0.2) is 25.7 Å². The standard InChI is InChI=1S/C21H16BrN5O2S/c22-13-5-1-4-12(10-13)19(28)24-18-11-16(17-8-3-9-30-17)26-27(18)21-23-15-7-2-6-14(15)20(29)25-21/h1,3-5,8-11H,2,6-7H2,(H,24,28)(H,23,25,29). The Balaban J connectivity index is 1.59. The van der Waals surface area contributed by atoms with Crippen molar-refractivity contribution in [3.8, 4) is 16.5 Å². The van der Waals surface area contributed by atoms with Gasteiger partial charge in [-0.05, 0) is 48.9 Å². The highest BCUT2D eigenvalue weighted by molar-refractivity contribution is 9.10. The van der Waals surface area contributed by atoms with Crippen LogP contribution in [-0.2, 0) is 12.8 Å². The van der Waals surface area contributed by atoms with Crippen LogP contribution in [0, 0.1) is 0 Å². The molecule has 0 spiro atoms. The minimum atomic E-state index is -0.279. The molecule has 1 aliphatic carbocycles.